The molecular formula is C24H29F2NO3. The molecule has 1 aromatic heterocycles. The maximum atomic E-state index is 15.2. The van der Waals surface area contributed by atoms with Gasteiger partial charge in [-0.2, -0.15) is 0 Å². The zero-order valence-electron chi connectivity index (χ0n) is 17.4. The number of carboxylic acid groups (broad SMARTS) is 1. The van der Waals surface area contributed by atoms with Gasteiger partial charge in [-0.25, -0.2) is 13.8 Å². The van der Waals surface area contributed by atoms with Gasteiger partial charge < -0.3 is 9.84 Å². The fourth-order valence-electron chi connectivity index (χ4n) is 4.31. The fraction of sp³-hybridized carbons (Fsp3) is 0.500. The molecule has 1 aromatic rings. The predicted octanol–water partition coefficient (Wildman–Crippen LogP) is 6.55. The summed E-state index contributed by atoms with van der Waals surface area (Å²) in [6.07, 6.45) is 9.37. The number of halogens is 2. The minimum Gasteiger partial charge on any atom is -0.481 e. The number of hydrogen-bond acceptors (Lipinski definition) is 3. The van der Waals surface area contributed by atoms with Crippen LogP contribution in [0.2, 0.25) is 0 Å². The van der Waals surface area contributed by atoms with Crippen LogP contribution in [0.3, 0.4) is 0 Å². The van der Waals surface area contributed by atoms with Gasteiger partial charge in [-0.15, -0.1) is 0 Å². The fourth-order valence-corrected chi connectivity index (χ4v) is 4.31. The second kappa shape index (κ2) is 9.54. The second-order valence-corrected chi connectivity index (χ2v) is 8.36. The van der Waals surface area contributed by atoms with Crippen LogP contribution in [0, 0.1) is 5.41 Å². The van der Waals surface area contributed by atoms with Crippen molar-refractivity contribution >= 4 is 11.5 Å². The standard InChI is InChI=1S/C24H29F2NO3/c1-16(19-9-6-14-27-23(19)30-18-7-3-4-8-18)15-20(26)22(17(2)25)24(12-13-24)11-5-10-21(28)29/h6,9,14-15,18H,2-5,7-8,10-13H2,1H3,(H,28,29)/b16-15+,22-20-. The number of nitrogens with zero attached hydrogens (tertiary/aromatic N) is 1. The smallest absolute Gasteiger partial charge is 0.303 e. The lowest BCUT2D eigenvalue weighted by molar-refractivity contribution is -0.137. The molecule has 0 amide bonds. The average molecular weight is 417 g/mol. The lowest BCUT2D eigenvalue weighted by atomic mass is 9.88. The Bertz CT molecular complexity index is 865. The van der Waals surface area contributed by atoms with Crippen LogP contribution in [0.5, 0.6) is 5.88 Å². The quantitative estimate of drug-likeness (QED) is 0.439. The van der Waals surface area contributed by atoms with Crippen LogP contribution in [0.25, 0.3) is 5.57 Å². The van der Waals surface area contributed by atoms with Gasteiger partial charge in [0.2, 0.25) is 5.88 Å². The molecular weight excluding hydrogens is 388 g/mol. The average Bonchev–Trinajstić information content (AvgIpc) is 3.25. The van der Waals surface area contributed by atoms with E-state index >= 15 is 4.39 Å². The molecule has 0 unspecified atom stereocenters. The van der Waals surface area contributed by atoms with E-state index in [1.807, 2.05) is 6.07 Å². The van der Waals surface area contributed by atoms with Crippen molar-refractivity contribution in [1.82, 2.24) is 4.98 Å². The highest BCUT2D eigenvalue weighted by atomic mass is 19.1. The molecule has 3 rings (SSSR count). The topological polar surface area (TPSA) is 59.4 Å². The number of ether oxygens (including phenoxy) is 1. The largest absolute Gasteiger partial charge is 0.481 e. The molecule has 2 saturated carbocycles. The summed E-state index contributed by atoms with van der Waals surface area (Å²) >= 11 is 0. The second-order valence-electron chi connectivity index (χ2n) is 8.36. The zero-order chi connectivity index (χ0) is 21.7. The van der Waals surface area contributed by atoms with Gasteiger partial charge in [0.15, 0.2) is 0 Å². The van der Waals surface area contributed by atoms with Gasteiger partial charge in [0.1, 0.15) is 17.8 Å². The van der Waals surface area contributed by atoms with Crippen LogP contribution in [-0.4, -0.2) is 22.2 Å². The molecule has 2 aliphatic rings. The minimum absolute atomic E-state index is 0.0121. The highest BCUT2D eigenvalue weighted by Gasteiger charge is 2.48. The third-order valence-electron chi connectivity index (χ3n) is 6.06. The van der Waals surface area contributed by atoms with Crippen molar-refractivity contribution in [2.75, 3.05) is 0 Å². The minimum atomic E-state index is -0.905. The maximum Gasteiger partial charge on any atom is 0.303 e. The first kappa shape index (κ1) is 22.2. The van der Waals surface area contributed by atoms with E-state index < -0.39 is 23.0 Å². The van der Waals surface area contributed by atoms with Crippen LogP contribution < -0.4 is 4.74 Å². The van der Waals surface area contributed by atoms with E-state index in [0.29, 0.717) is 42.7 Å². The van der Waals surface area contributed by atoms with Gasteiger partial charge >= 0.3 is 5.97 Å². The number of aromatic nitrogens is 1. The monoisotopic (exact) mass is 417 g/mol. The molecule has 162 valence electrons. The lowest BCUT2D eigenvalue weighted by Crippen LogP contribution is -2.13. The Labute approximate surface area is 176 Å². The van der Waals surface area contributed by atoms with E-state index in [1.165, 1.54) is 6.08 Å². The number of hydrogen-bond donors (Lipinski definition) is 1. The summed E-state index contributed by atoms with van der Waals surface area (Å²) in [6.45, 7) is 5.10. The highest BCUT2D eigenvalue weighted by molar-refractivity contribution is 5.70. The molecule has 0 aromatic carbocycles. The van der Waals surface area contributed by atoms with Crippen LogP contribution in [0.4, 0.5) is 8.78 Å². The van der Waals surface area contributed by atoms with Crippen LogP contribution in [0.1, 0.15) is 70.3 Å². The number of rotatable bonds is 10. The number of pyridine rings is 1. The molecule has 30 heavy (non-hydrogen) atoms. The van der Waals surface area contributed by atoms with Gasteiger partial charge in [-0.3, -0.25) is 4.79 Å². The Kier molecular flexibility index (Phi) is 7.06. The number of aliphatic carboxylic acids is 1. The summed E-state index contributed by atoms with van der Waals surface area (Å²) in [7, 11) is 0. The van der Waals surface area contributed by atoms with E-state index in [9.17, 15) is 9.18 Å². The third-order valence-corrected chi connectivity index (χ3v) is 6.06. The summed E-state index contributed by atoms with van der Waals surface area (Å²) in [5.41, 5.74) is 0.586. The third kappa shape index (κ3) is 5.35. The van der Waals surface area contributed by atoms with Gasteiger partial charge in [-0.1, -0.05) is 6.58 Å². The molecule has 2 fully saturated rings. The van der Waals surface area contributed by atoms with Crippen molar-refractivity contribution < 1.29 is 23.4 Å². The van der Waals surface area contributed by atoms with Crippen molar-refractivity contribution in [2.24, 2.45) is 5.41 Å². The molecule has 0 spiro atoms. The summed E-state index contributed by atoms with van der Waals surface area (Å²) in [5.74, 6) is -1.89. The summed E-state index contributed by atoms with van der Waals surface area (Å²) in [5, 5.41) is 8.86. The van der Waals surface area contributed by atoms with Gasteiger partial charge in [-0.05, 0) is 82.1 Å². The van der Waals surface area contributed by atoms with E-state index in [0.717, 1.165) is 25.7 Å². The van der Waals surface area contributed by atoms with Gasteiger partial charge in [0.05, 0.1) is 0 Å². The molecule has 0 atom stereocenters. The van der Waals surface area contributed by atoms with Crippen molar-refractivity contribution in [2.45, 2.75) is 70.8 Å². The molecule has 4 nitrogen and oxygen atoms in total. The number of allylic oxidation sites excluding steroid dienone is 5. The van der Waals surface area contributed by atoms with Crippen molar-refractivity contribution in [3.63, 3.8) is 0 Å². The Morgan fingerprint density at radius 1 is 1.37 bits per heavy atom. The Balaban J connectivity index is 1.85. The predicted molar refractivity (Wildman–Crippen MR) is 112 cm³/mol. The number of carbonyl (C=O) groups is 1. The van der Waals surface area contributed by atoms with Crippen LogP contribution >= 0.6 is 0 Å². The van der Waals surface area contributed by atoms with Gasteiger partial charge in [0.25, 0.3) is 0 Å². The molecule has 2 aliphatic carbocycles. The first-order valence-corrected chi connectivity index (χ1v) is 10.6. The zero-order valence-corrected chi connectivity index (χ0v) is 17.4. The van der Waals surface area contributed by atoms with Crippen LogP contribution in [-0.2, 0) is 4.79 Å². The van der Waals surface area contributed by atoms with Crippen LogP contribution in [0.15, 0.2) is 48.2 Å². The summed E-state index contributed by atoms with van der Waals surface area (Å²) < 4.78 is 35.5. The Morgan fingerprint density at radius 2 is 2.07 bits per heavy atom. The van der Waals surface area contributed by atoms with E-state index in [4.69, 9.17) is 9.84 Å². The van der Waals surface area contributed by atoms with Gasteiger partial charge in [0, 0.05) is 29.2 Å². The molecule has 6 heteroatoms. The highest BCUT2D eigenvalue weighted by Crippen LogP contribution is 2.59. The van der Waals surface area contributed by atoms with E-state index in [2.05, 4.69) is 11.6 Å². The normalized spacial score (nSPS) is 19.4. The molecule has 1 N–H and O–H groups in total. The molecule has 0 saturated heterocycles. The SMILES string of the molecule is C=C(F)/C(=C(F)\C=C(/C)c1cccnc1OC1CCCC1)C1(CCCC(=O)O)CC1. The lowest BCUT2D eigenvalue weighted by Gasteiger charge is -2.19. The van der Waals surface area contributed by atoms with Crippen molar-refractivity contribution in [3.05, 3.63) is 53.8 Å². The number of carboxylic acids is 1. The maximum absolute atomic E-state index is 15.2. The molecule has 0 radical (unpaired) electrons. The van der Waals surface area contributed by atoms with Crippen molar-refractivity contribution in [3.8, 4) is 5.88 Å². The van der Waals surface area contributed by atoms with E-state index in [-0.39, 0.29) is 18.1 Å². The first-order chi connectivity index (χ1) is 14.3. The molecule has 0 aliphatic heterocycles. The van der Waals surface area contributed by atoms with Crippen molar-refractivity contribution in [1.29, 1.82) is 0 Å². The molecule has 1 heterocycles. The summed E-state index contributed by atoms with van der Waals surface area (Å²) in [4.78, 5) is 15.1. The summed E-state index contributed by atoms with van der Waals surface area (Å²) in [6, 6.07) is 3.58. The Morgan fingerprint density at radius 3 is 2.67 bits per heavy atom. The van der Waals surface area contributed by atoms with E-state index in [1.54, 1.807) is 19.2 Å². The first-order valence-electron chi connectivity index (χ1n) is 10.6. The molecule has 0 bridgehead atoms. The Hall–Kier alpha value is -2.50.